The number of benzene rings is 3. The molecule has 19 nitrogen and oxygen atoms in total. The summed E-state index contributed by atoms with van der Waals surface area (Å²) in [6.07, 6.45) is -7.61. The van der Waals surface area contributed by atoms with Crippen molar-refractivity contribution in [1.82, 2.24) is 5.32 Å². The zero-order valence-corrected chi connectivity index (χ0v) is 30.2. The number of esters is 1. The number of guanidine groups is 2. The molecule has 55 heavy (non-hydrogen) atoms. The molecular weight excluding hydrogens is 724 g/mol. The van der Waals surface area contributed by atoms with Gasteiger partial charge in [0.25, 0.3) is 0 Å². The second-order valence-electron chi connectivity index (χ2n) is 12.1. The molecular formula is C36H46N6O13. The van der Waals surface area contributed by atoms with E-state index in [1.807, 2.05) is 30.3 Å². The number of aliphatic hydroxyl groups excluding tert-OH is 3. The summed E-state index contributed by atoms with van der Waals surface area (Å²) in [7, 11) is 2.73. The minimum absolute atomic E-state index is 0.0207. The number of carbonyl (C=O) groups excluding carboxylic acids is 1. The summed E-state index contributed by atoms with van der Waals surface area (Å²) in [5.41, 5.74) is 17.6. The molecule has 298 valence electrons. The van der Waals surface area contributed by atoms with E-state index in [0.717, 1.165) is 5.56 Å². The van der Waals surface area contributed by atoms with Crippen LogP contribution in [0.2, 0.25) is 0 Å². The Bertz CT molecular complexity index is 1820. The Morgan fingerprint density at radius 1 is 0.909 bits per heavy atom. The molecule has 0 amide bonds. The summed E-state index contributed by atoms with van der Waals surface area (Å²) >= 11 is 0. The number of carboxylic acids is 1. The largest absolute Gasteiger partial charge is 0.502 e. The number of nitrogens with two attached hydrogens (primary N) is 3. The van der Waals surface area contributed by atoms with Gasteiger partial charge < -0.3 is 76.5 Å². The first kappa shape index (κ1) is 41.7. The lowest BCUT2D eigenvalue weighted by atomic mass is 9.99. The van der Waals surface area contributed by atoms with Crippen LogP contribution in [0.1, 0.15) is 38.3 Å². The molecule has 1 aliphatic heterocycles. The Hall–Kier alpha value is -6.02. The number of aromatic carboxylic acids is 1. The second-order valence-corrected chi connectivity index (χ2v) is 12.1. The number of methoxy groups -OCH3 is 1. The number of phenolic OH excluding ortho intramolecular Hbond substituents is 1. The van der Waals surface area contributed by atoms with Crippen LogP contribution in [0, 0.1) is 0 Å². The minimum atomic E-state index is -1.85. The fraction of sp³-hybridized carbons (Fsp3) is 0.389. The van der Waals surface area contributed by atoms with Gasteiger partial charge in [0, 0.05) is 20.0 Å². The van der Waals surface area contributed by atoms with E-state index >= 15 is 0 Å². The zero-order chi connectivity index (χ0) is 40.1. The summed E-state index contributed by atoms with van der Waals surface area (Å²) in [6.45, 7) is -0.575. The maximum absolute atomic E-state index is 13.2. The first-order valence-corrected chi connectivity index (χ1v) is 17.0. The summed E-state index contributed by atoms with van der Waals surface area (Å²) in [5.74, 6) is -2.96. The number of nitrogens with zero attached hydrogens (tertiary/aromatic N) is 2. The third-order valence-electron chi connectivity index (χ3n) is 8.27. The van der Waals surface area contributed by atoms with Crippen molar-refractivity contribution < 1.29 is 63.5 Å². The van der Waals surface area contributed by atoms with Crippen LogP contribution in [0.4, 0.5) is 0 Å². The van der Waals surface area contributed by atoms with Gasteiger partial charge in [-0.05, 0) is 48.2 Å². The van der Waals surface area contributed by atoms with Crippen LogP contribution >= 0.6 is 0 Å². The SMILES string of the molecule is CN=C(N)NCOc1cc(C(=O)O)cc(CCCN=C(N)N)c1O[C@H]1O[C@H](COC(=O)c2cc(OC)c(O)c(OCCc3ccccc3)c2)[C@@H](O)[C@H](O)[C@H]1O. The highest BCUT2D eigenvalue weighted by atomic mass is 16.7. The van der Waals surface area contributed by atoms with Crippen LogP contribution in [0.3, 0.4) is 0 Å². The number of rotatable bonds is 18. The van der Waals surface area contributed by atoms with Crippen molar-refractivity contribution in [3.05, 3.63) is 76.9 Å². The zero-order valence-electron chi connectivity index (χ0n) is 30.2. The Balaban J connectivity index is 1.54. The lowest BCUT2D eigenvalue weighted by molar-refractivity contribution is -0.277. The van der Waals surface area contributed by atoms with Crippen LogP contribution in [-0.4, -0.2) is 121 Å². The van der Waals surface area contributed by atoms with E-state index in [1.54, 1.807) is 0 Å². The molecule has 1 aliphatic rings. The molecule has 0 aromatic heterocycles. The number of hydrogen-bond acceptors (Lipinski definition) is 14. The van der Waals surface area contributed by atoms with Gasteiger partial charge in [-0.1, -0.05) is 30.3 Å². The number of phenols is 1. The van der Waals surface area contributed by atoms with Gasteiger partial charge in [-0.2, -0.15) is 0 Å². The first-order chi connectivity index (χ1) is 26.3. The van der Waals surface area contributed by atoms with Gasteiger partial charge in [0.05, 0.1) is 24.8 Å². The van der Waals surface area contributed by atoms with E-state index < -0.39 is 49.3 Å². The van der Waals surface area contributed by atoms with Gasteiger partial charge in [0.2, 0.25) is 12.0 Å². The van der Waals surface area contributed by atoms with Crippen molar-refractivity contribution >= 4 is 23.9 Å². The van der Waals surface area contributed by atoms with Gasteiger partial charge >= 0.3 is 11.9 Å². The van der Waals surface area contributed by atoms with Gasteiger partial charge in [0.1, 0.15) is 31.0 Å². The summed E-state index contributed by atoms with van der Waals surface area (Å²) in [5, 5.41) is 55.7. The molecule has 3 aromatic rings. The van der Waals surface area contributed by atoms with E-state index in [4.69, 9.17) is 45.6 Å². The Kier molecular flexibility index (Phi) is 15.1. The quantitative estimate of drug-likeness (QED) is 0.0267. The van der Waals surface area contributed by atoms with Crippen molar-refractivity contribution in [3.63, 3.8) is 0 Å². The molecule has 5 atom stereocenters. The van der Waals surface area contributed by atoms with Crippen molar-refractivity contribution in [2.45, 2.75) is 50.0 Å². The van der Waals surface area contributed by atoms with Crippen LogP contribution in [-0.2, 0) is 22.3 Å². The first-order valence-electron chi connectivity index (χ1n) is 17.0. The molecule has 12 N–H and O–H groups in total. The number of aromatic hydroxyl groups is 1. The number of carbonyl (C=O) groups is 2. The Morgan fingerprint density at radius 3 is 2.29 bits per heavy atom. The molecule has 0 spiro atoms. The van der Waals surface area contributed by atoms with E-state index in [9.17, 15) is 35.1 Å². The van der Waals surface area contributed by atoms with Crippen molar-refractivity contribution in [3.8, 4) is 28.7 Å². The highest BCUT2D eigenvalue weighted by Gasteiger charge is 2.46. The van der Waals surface area contributed by atoms with Gasteiger partial charge in [-0.15, -0.1) is 0 Å². The monoisotopic (exact) mass is 770 g/mol. The molecule has 3 aromatic carbocycles. The van der Waals surface area contributed by atoms with Crippen molar-refractivity contribution in [1.29, 1.82) is 0 Å². The normalized spacial score (nSPS) is 19.5. The lowest BCUT2D eigenvalue weighted by Gasteiger charge is -2.40. The molecule has 0 aliphatic carbocycles. The van der Waals surface area contributed by atoms with E-state index in [1.165, 1.54) is 38.4 Å². The summed E-state index contributed by atoms with van der Waals surface area (Å²) in [4.78, 5) is 33.0. The van der Waals surface area contributed by atoms with E-state index in [2.05, 4.69) is 15.3 Å². The second kappa shape index (κ2) is 19.9. The number of ether oxygens (including phenoxy) is 6. The molecule has 4 rings (SSSR count). The predicted octanol–water partition coefficient (Wildman–Crippen LogP) is -0.160. The highest BCUT2D eigenvalue weighted by Crippen LogP contribution is 2.39. The molecule has 0 saturated carbocycles. The smallest absolute Gasteiger partial charge is 0.338 e. The summed E-state index contributed by atoms with van der Waals surface area (Å²) < 4.78 is 34.0. The van der Waals surface area contributed by atoms with Gasteiger partial charge in [-0.3, -0.25) is 9.98 Å². The molecule has 0 bridgehead atoms. The van der Waals surface area contributed by atoms with E-state index in [0.29, 0.717) is 12.8 Å². The molecule has 19 heteroatoms. The number of aliphatic hydroxyl groups is 3. The van der Waals surface area contributed by atoms with Crippen LogP contribution in [0.5, 0.6) is 28.7 Å². The standard InChI is InChI=1S/C36H46N6O13/c1-40-36(39)42-18-53-25-14-21(32(47)48)13-20(9-6-11-41-35(37)38)31(25)55-34-30(46)29(45)28(44)26(54-34)17-52-33(49)22-15-23(50-2)27(43)24(16-22)51-12-10-19-7-4-3-5-8-19/h3-5,7-8,13-16,26,28-30,34,43-46H,6,9-12,17-18H2,1-2H3,(H,47,48)(H4,37,38,41)(H3,39,40,42)/t26-,28-,29+,30-,34-/m1/s1. The third-order valence-corrected chi connectivity index (χ3v) is 8.27. The fourth-order valence-corrected chi connectivity index (χ4v) is 5.35. The number of aryl methyl sites for hydroxylation is 1. The van der Waals surface area contributed by atoms with Gasteiger partial charge in [0.15, 0.2) is 41.6 Å². The van der Waals surface area contributed by atoms with Crippen LogP contribution in [0.25, 0.3) is 0 Å². The maximum atomic E-state index is 13.2. The third kappa shape index (κ3) is 11.5. The van der Waals surface area contributed by atoms with Crippen LogP contribution in [0.15, 0.2) is 64.6 Å². The number of nitrogens with one attached hydrogen (secondary N) is 1. The van der Waals surface area contributed by atoms with Gasteiger partial charge in [-0.25, -0.2) is 9.59 Å². The Labute approximate surface area is 315 Å². The van der Waals surface area contributed by atoms with Crippen LogP contribution < -0.4 is 41.5 Å². The van der Waals surface area contributed by atoms with Crippen molar-refractivity contribution in [2.24, 2.45) is 27.2 Å². The fourth-order valence-electron chi connectivity index (χ4n) is 5.35. The summed E-state index contributed by atoms with van der Waals surface area (Å²) in [6, 6.07) is 14.5. The average molecular weight is 771 g/mol. The Morgan fingerprint density at radius 2 is 1.62 bits per heavy atom. The average Bonchev–Trinajstić information content (AvgIpc) is 3.17. The molecule has 1 saturated heterocycles. The molecule has 0 unspecified atom stereocenters. The molecule has 0 radical (unpaired) electrons. The van der Waals surface area contributed by atoms with E-state index in [-0.39, 0.29) is 83.7 Å². The topological polar surface area (TPSA) is 305 Å². The van der Waals surface area contributed by atoms with Crippen molar-refractivity contribution in [2.75, 3.05) is 40.6 Å². The lowest BCUT2D eigenvalue weighted by Crippen LogP contribution is -2.60. The number of carboxylic acid groups (broad SMARTS) is 1. The molecule has 1 heterocycles. The molecule has 1 fully saturated rings. The highest BCUT2D eigenvalue weighted by molar-refractivity contribution is 5.91. The minimum Gasteiger partial charge on any atom is -0.502 e. The maximum Gasteiger partial charge on any atom is 0.338 e. The predicted molar refractivity (Wildman–Crippen MR) is 196 cm³/mol. The number of aliphatic imine (C=N–C) groups is 2. The number of hydrogen-bond donors (Lipinski definition) is 9.